The quantitative estimate of drug-likeness (QED) is 0.871. The van der Waals surface area contributed by atoms with Crippen LogP contribution in [0.4, 0.5) is 5.69 Å². The highest BCUT2D eigenvalue weighted by Crippen LogP contribution is 2.23. The molecule has 2 aromatic carbocycles. The van der Waals surface area contributed by atoms with Gasteiger partial charge in [0, 0.05) is 24.5 Å². The maximum absolute atomic E-state index is 11.5. The number of anilines is 1. The number of hydrogen-bond acceptors (Lipinski definition) is 4. The van der Waals surface area contributed by atoms with E-state index in [1.165, 1.54) is 11.8 Å². The Kier molecular flexibility index (Phi) is 5.67. The van der Waals surface area contributed by atoms with Gasteiger partial charge in [-0.05, 0) is 50.6 Å². The zero-order valence-corrected chi connectivity index (χ0v) is 15.4. The molecular weight excluding hydrogens is 322 g/mol. The van der Waals surface area contributed by atoms with Crippen LogP contribution in [0.2, 0.25) is 0 Å². The molecule has 1 atom stereocenters. The second-order valence-corrected chi connectivity index (χ2v) is 8.45. The predicted molar refractivity (Wildman–Crippen MR) is 98.2 cm³/mol. The van der Waals surface area contributed by atoms with Gasteiger partial charge in [0.25, 0.3) is 0 Å². The van der Waals surface area contributed by atoms with Gasteiger partial charge in [0.05, 0.1) is 11.0 Å². The Labute approximate surface area is 144 Å². The highest BCUT2D eigenvalue weighted by Gasteiger charge is 2.17. The summed E-state index contributed by atoms with van der Waals surface area (Å²) in [7, 11) is -3.22. The Morgan fingerprint density at radius 1 is 1.00 bits per heavy atom. The summed E-state index contributed by atoms with van der Waals surface area (Å²) in [5.74, 6) is 0. The fourth-order valence-electron chi connectivity index (χ4n) is 2.58. The Morgan fingerprint density at radius 3 is 2.00 bits per heavy atom. The highest BCUT2D eigenvalue weighted by atomic mass is 32.2. The van der Waals surface area contributed by atoms with Gasteiger partial charge in [0.1, 0.15) is 0 Å². The van der Waals surface area contributed by atoms with Crippen LogP contribution in [0, 0.1) is 6.92 Å². The molecule has 0 aliphatic rings. The first kappa shape index (κ1) is 18.5. The molecule has 2 aromatic rings. The number of sulfone groups is 1. The maximum Gasteiger partial charge on any atom is 0.175 e. The molecule has 0 bridgehead atoms. The first-order chi connectivity index (χ1) is 11.2. The van der Waals surface area contributed by atoms with Crippen LogP contribution in [0.3, 0.4) is 0 Å². The van der Waals surface area contributed by atoms with Crippen LogP contribution in [-0.4, -0.2) is 32.4 Å². The molecule has 4 nitrogen and oxygen atoms in total. The minimum Gasteiger partial charge on any atom is -0.387 e. The average molecular weight is 347 g/mol. The van der Waals surface area contributed by atoms with Crippen molar-refractivity contribution in [1.82, 2.24) is 0 Å². The Balaban J connectivity index is 2.19. The molecular formula is C19H25NO3S. The van der Waals surface area contributed by atoms with Gasteiger partial charge in [-0.15, -0.1) is 0 Å². The van der Waals surface area contributed by atoms with Crippen molar-refractivity contribution in [1.29, 1.82) is 0 Å². The first-order valence-electron chi connectivity index (χ1n) is 8.00. The highest BCUT2D eigenvalue weighted by molar-refractivity contribution is 7.90. The maximum atomic E-state index is 11.5. The van der Waals surface area contributed by atoms with E-state index >= 15 is 0 Å². The van der Waals surface area contributed by atoms with Crippen LogP contribution >= 0.6 is 0 Å². The molecule has 5 heteroatoms. The van der Waals surface area contributed by atoms with E-state index in [0.717, 1.165) is 5.69 Å². The van der Waals surface area contributed by atoms with Gasteiger partial charge in [-0.25, -0.2) is 8.42 Å². The van der Waals surface area contributed by atoms with E-state index in [2.05, 4.69) is 43.0 Å². The van der Waals surface area contributed by atoms with Gasteiger partial charge in [-0.2, -0.15) is 0 Å². The van der Waals surface area contributed by atoms with E-state index in [-0.39, 0.29) is 10.9 Å². The summed E-state index contributed by atoms with van der Waals surface area (Å²) in [4.78, 5) is 2.40. The molecule has 1 unspecified atom stereocenters. The van der Waals surface area contributed by atoms with Crippen molar-refractivity contribution in [3.63, 3.8) is 0 Å². The molecule has 0 spiro atoms. The van der Waals surface area contributed by atoms with E-state index < -0.39 is 15.9 Å². The van der Waals surface area contributed by atoms with E-state index in [1.54, 1.807) is 24.3 Å². The van der Waals surface area contributed by atoms with Crippen molar-refractivity contribution < 1.29 is 13.5 Å². The largest absolute Gasteiger partial charge is 0.387 e. The molecule has 0 aliphatic heterocycles. The van der Waals surface area contributed by atoms with Crippen LogP contribution in [-0.2, 0) is 9.84 Å². The monoisotopic (exact) mass is 347 g/mol. The second kappa shape index (κ2) is 7.36. The molecule has 24 heavy (non-hydrogen) atoms. The van der Waals surface area contributed by atoms with Crippen molar-refractivity contribution in [2.24, 2.45) is 0 Å². The minimum atomic E-state index is -3.22. The number of benzene rings is 2. The third-order valence-electron chi connectivity index (χ3n) is 4.05. The molecule has 0 aromatic heterocycles. The lowest BCUT2D eigenvalue weighted by atomic mass is 10.1. The Hall–Kier alpha value is -1.85. The molecule has 0 fully saturated rings. The molecule has 130 valence electrons. The number of aryl methyl sites for hydroxylation is 1. The third-order valence-corrected chi connectivity index (χ3v) is 5.18. The summed E-state index contributed by atoms with van der Waals surface area (Å²) < 4.78 is 23.0. The molecule has 0 radical (unpaired) electrons. The van der Waals surface area contributed by atoms with Crippen molar-refractivity contribution in [3.05, 3.63) is 59.7 Å². The van der Waals surface area contributed by atoms with E-state index in [4.69, 9.17) is 0 Å². The lowest BCUT2D eigenvalue weighted by Crippen LogP contribution is -2.34. The number of hydrogen-bond donors (Lipinski definition) is 1. The summed E-state index contributed by atoms with van der Waals surface area (Å²) in [6.45, 7) is 6.65. The van der Waals surface area contributed by atoms with Crippen LogP contribution in [0.1, 0.15) is 31.1 Å². The normalized spacial score (nSPS) is 13.1. The van der Waals surface area contributed by atoms with Gasteiger partial charge in [0.15, 0.2) is 9.84 Å². The number of nitrogens with zero attached hydrogens (tertiary/aromatic N) is 1. The zero-order chi connectivity index (χ0) is 17.9. The standard InChI is InChI=1S/C19H25NO3S/c1-14(2)20(17-9-5-15(3)6-10-17)13-19(21)16-7-11-18(12-8-16)24(4,22)23/h5-12,14,19,21H,13H2,1-4H3. The molecule has 0 heterocycles. The Bertz CT molecular complexity index is 765. The summed E-state index contributed by atoms with van der Waals surface area (Å²) in [5.41, 5.74) is 2.96. The fourth-order valence-corrected chi connectivity index (χ4v) is 3.21. The van der Waals surface area contributed by atoms with Gasteiger partial charge < -0.3 is 10.0 Å². The predicted octanol–water partition coefficient (Wildman–Crippen LogP) is 3.35. The zero-order valence-electron chi connectivity index (χ0n) is 14.6. The molecule has 1 N–H and O–H groups in total. The summed E-state index contributed by atoms with van der Waals surface area (Å²) in [6.07, 6.45) is 0.485. The average Bonchev–Trinajstić information content (AvgIpc) is 2.52. The van der Waals surface area contributed by atoms with Gasteiger partial charge in [-0.3, -0.25) is 0 Å². The molecule has 0 saturated carbocycles. The number of aliphatic hydroxyl groups is 1. The van der Waals surface area contributed by atoms with Gasteiger partial charge in [-0.1, -0.05) is 29.8 Å². The van der Waals surface area contributed by atoms with Crippen molar-refractivity contribution >= 4 is 15.5 Å². The lowest BCUT2D eigenvalue weighted by molar-refractivity contribution is 0.181. The smallest absolute Gasteiger partial charge is 0.175 e. The van der Waals surface area contributed by atoms with Crippen LogP contribution in [0.25, 0.3) is 0 Å². The second-order valence-electron chi connectivity index (χ2n) is 6.44. The fraction of sp³-hybridized carbons (Fsp3) is 0.368. The van der Waals surface area contributed by atoms with Gasteiger partial charge >= 0.3 is 0 Å². The number of rotatable bonds is 6. The van der Waals surface area contributed by atoms with Gasteiger partial charge in [0.2, 0.25) is 0 Å². The van der Waals surface area contributed by atoms with Crippen LogP contribution in [0.5, 0.6) is 0 Å². The summed E-state index contributed by atoms with van der Waals surface area (Å²) >= 11 is 0. The topological polar surface area (TPSA) is 57.6 Å². The van der Waals surface area contributed by atoms with Crippen molar-refractivity contribution in [2.75, 3.05) is 17.7 Å². The summed E-state index contributed by atoms with van der Waals surface area (Å²) in [5, 5.41) is 10.6. The van der Waals surface area contributed by atoms with E-state index in [0.29, 0.717) is 12.1 Å². The van der Waals surface area contributed by atoms with Crippen LogP contribution < -0.4 is 4.90 Å². The minimum absolute atomic E-state index is 0.234. The SMILES string of the molecule is Cc1ccc(N(CC(O)c2ccc(S(C)(=O)=O)cc2)C(C)C)cc1. The third kappa shape index (κ3) is 4.58. The molecule has 0 aliphatic carbocycles. The van der Waals surface area contributed by atoms with E-state index in [1.807, 2.05) is 6.92 Å². The Morgan fingerprint density at radius 2 is 1.54 bits per heavy atom. The molecule has 0 saturated heterocycles. The van der Waals surface area contributed by atoms with Crippen molar-refractivity contribution in [2.45, 2.75) is 37.8 Å². The summed E-state index contributed by atoms with van der Waals surface area (Å²) in [6, 6.07) is 14.9. The van der Waals surface area contributed by atoms with Crippen LogP contribution in [0.15, 0.2) is 53.4 Å². The lowest BCUT2D eigenvalue weighted by Gasteiger charge is -2.31. The molecule has 0 amide bonds. The molecule has 2 rings (SSSR count). The number of aliphatic hydroxyl groups excluding tert-OH is 1. The first-order valence-corrected chi connectivity index (χ1v) is 9.89. The van der Waals surface area contributed by atoms with Crippen molar-refractivity contribution in [3.8, 4) is 0 Å². The van der Waals surface area contributed by atoms with E-state index in [9.17, 15) is 13.5 Å².